The molecule has 3 N–H and O–H groups in total. The monoisotopic (exact) mass is 301 g/mol. The summed E-state index contributed by atoms with van der Waals surface area (Å²) in [7, 11) is 0. The zero-order chi connectivity index (χ0) is 15.9. The zero-order valence-corrected chi connectivity index (χ0v) is 13.3. The zero-order valence-electron chi connectivity index (χ0n) is 13.3. The topological polar surface area (TPSA) is 86.0 Å². The third kappa shape index (κ3) is 4.58. The third-order valence-corrected chi connectivity index (χ3v) is 3.35. The molecular weight excluding hydrogens is 278 g/mol. The number of aryl methyl sites for hydroxylation is 2. The molecule has 0 amide bonds. The van der Waals surface area contributed by atoms with Gasteiger partial charge in [-0.25, -0.2) is 0 Å². The van der Waals surface area contributed by atoms with Gasteiger partial charge in [0.2, 0.25) is 11.9 Å². The maximum Gasteiger partial charge on any atom is 0.228 e. The average molecular weight is 301 g/mol. The molecule has 0 radical (unpaired) electrons. The third-order valence-electron chi connectivity index (χ3n) is 3.35. The van der Waals surface area contributed by atoms with Gasteiger partial charge in [-0.1, -0.05) is 26.0 Å². The lowest BCUT2D eigenvalue weighted by atomic mass is 10.2. The minimum Gasteiger partial charge on any atom is -0.491 e. The molecule has 1 aromatic carbocycles. The smallest absolute Gasteiger partial charge is 0.228 e. The van der Waals surface area contributed by atoms with Crippen molar-refractivity contribution >= 4 is 11.9 Å². The summed E-state index contributed by atoms with van der Waals surface area (Å²) in [6.45, 7) is 6.54. The average Bonchev–Trinajstić information content (AvgIpc) is 2.50. The number of nitrogens with two attached hydrogens (primary N) is 1. The van der Waals surface area contributed by atoms with Crippen LogP contribution >= 0.6 is 0 Å². The van der Waals surface area contributed by atoms with Crippen molar-refractivity contribution in [3.8, 4) is 5.75 Å². The van der Waals surface area contributed by atoms with Crippen LogP contribution in [0.1, 0.15) is 31.7 Å². The molecule has 118 valence electrons. The number of rotatable bonds is 7. The Morgan fingerprint density at radius 3 is 2.73 bits per heavy atom. The Balaban J connectivity index is 1.96. The highest BCUT2D eigenvalue weighted by Crippen LogP contribution is 2.15. The highest BCUT2D eigenvalue weighted by Gasteiger charge is 2.10. The van der Waals surface area contributed by atoms with Gasteiger partial charge in [-0.15, -0.1) is 0 Å². The van der Waals surface area contributed by atoms with E-state index in [4.69, 9.17) is 10.5 Å². The van der Waals surface area contributed by atoms with Gasteiger partial charge in [0.1, 0.15) is 18.2 Å². The van der Waals surface area contributed by atoms with Gasteiger partial charge >= 0.3 is 0 Å². The van der Waals surface area contributed by atoms with E-state index in [0.717, 1.165) is 18.6 Å². The van der Waals surface area contributed by atoms with E-state index >= 15 is 0 Å². The van der Waals surface area contributed by atoms with Crippen LogP contribution in [0.2, 0.25) is 0 Å². The predicted molar refractivity (Wildman–Crippen MR) is 88.0 cm³/mol. The van der Waals surface area contributed by atoms with Gasteiger partial charge in [0.05, 0.1) is 6.04 Å². The molecule has 0 saturated carbocycles. The van der Waals surface area contributed by atoms with Gasteiger partial charge in [-0.2, -0.15) is 15.0 Å². The fourth-order valence-electron chi connectivity index (χ4n) is 2.06. The lowest BCUT2D eigenvalue weighted by molar-refractivity contribution is 0.293. The first-order valence-electron chi connectivity index (χ1n) is 7.57. The maximum atomic E-state index is 5.87. The highest BCUT2D eigenvalue weighted by atomic mass is 16.5. The predicted octanol–water partition coefficient (Wildman–Crippen LogP) is 2.59. The summed E-state index contributed by atoms with van der Waals surface area (Å²) in [6.07, 6.45) is 1.88. The van der Waals surface area contributed by atoms with Crippen LogP contribution in [0.15, 0.2) is 24.3 Å². The summed E-state index contributed by atoms with van der Waals surface area (Å²) < 4.78 is 5.87. The molecule has 0 aliphatic rings. The van der Waals surface area contributed by atoms with Crippen LogP contribution in [0.5, 0.6) is 5.75 Å². The minimum atomic E-state index is 0.103. The summed E-state index contributed by atoms with van der Waals surface area (Å²) in [4.78, 5) is 12.3. The van der Waals surface area contributed by atoms with Crippen LogP contribution in [-0.4, -0.2) is 27.6 Å². The fraction of sp³-hybridized carbons (Fsp3) is 0.438. The summed E-state index contributed by atoms with van der Waals surface area (Å²) in [6, 6.07) is 8.25. The SMILES string of the molecule is CCc1cccc(OCC(CC)Nc2nc(C)nc(N)n2)c1. The van der Waals surface area contributed by atoms with Crippen molar-refractivity contribution < 1.29 is 4.74 Å². The Kier molecular flexibility index (Phi) is 5.52. The maximum absolute atomic E-state index is 5.87. The Morgan fingerprint density at radius 1 is 1.23 bits per heavy atom. The molecule has 0 saturated heterocycles. The largest absolute Gasteiger partial charge is 0.491 e. The van der Waals surface area contributed by atoms with Gasteiger partial charge in [0.25, 0.3) is 0 Å². The van der Waals surface area contributed by atoms with E-state index in [1.807, 2.05) is 12.1 Å². The van der Waals surface area contributed by atoms with E-state index in [0.29, 0.717) is 18.4 Å². The van der Waals surface area contributed by atoms with Gasteiger partial charge in [-0.05, 0) is 37.5 Å². The van der Waals surface area contributed by atoms with E-state index in [2.05, 4.69) is 46.2 Å². The first-order chi connectivity index (χ1) is 10.6. The van der Waals surface area contributed by atoms with E-state index in [1.54, 1.807) is 6.92 Å². The second kappa shape index (κ2) is 7.59. The van der Waals surface area contributed by atoms with E-state index in [-0.39, 0.29) is 12.0 Å². The number of benzene rings is 1. The molecule has 1 unspecified atom stereocenters. The molecule has 6 nitrogen and oxygen atoms in total. The molecule has 6 heteroatoms. The molecule has 0 aliphatic heterocycles. The molecule has 22 heavy (non-hydrogen) atoms. The standard InChI is InChI=1S/C16H23N5O/c1-4-12-7-6-8-14(9-12)22-10-13(5-2)20-16-19-11(3)18-15(17)21-16/h6-9,13H,4-5,10H2,1-3H3,(H3,17,18,19,20,21). The van der Waals surface area contributed by atoms with E-state index in [1.165, 1.54) is 5.56 Å². The second-order valence-electron chi connectivity index (χ2n) is 5.13. The molecule has 1 heterocycles. The number of hydrogen-bond donors (Lipinski definition) is 2. The van der Waals surface area contributed by atoms with Gasteiger partial charge in [-0.3, -0.25) is 0 Å². The quantitative estimate of drug-likeness (QED) is 0.817. The van der Waals surface area contributed by atoms with Crippen LogP contribution in [0.3, 0.4) is 0 Å². The lowest BCUT2D eigenvalue weighted by Crippen LogP contribution is -2.27. The molecule has 0 fully saturated rings. The minimum absolute atomic E-state index is 0.103. The summed E-state index contributed by atoms with van der Waals surface area (Å²) >= 11 is 0. The number of nitrogens with zero attached hydrogens (tertiary/aromatic N) is 3. The Morgan fingerprint density at radius 2 is 2.05 bits per heavy atom. The summed E-state index contributed by atoms with van der Waals surface area (Å²) in [5, 5.41) is 3.24. The number of nitrogen functional groups attached to an aromatic ring is 1. The Hall–Kier alpha value is -2.37. The molecular formula is C16H23N5O. The van der Waals surface area contributed by atoms with Crippen molar-refractivity contribution in [3.63, 3.8) is 0 Å². The van der Waals surface area contributed by atoms with Crippen molar-refractivity contribution in [1.82, 2.24) is 15.0 Å². The number of ether oxygens (including phenoxy) is 1. The molecule has 2 aromatic rings. The first-order valence-corrected chi connectivity index (χ1v) is 7.57. The van der Waals surface area contributed by atoms with E-state index in [9.17, 15) is 0 Å². The van der Waals surface area contributed by atoms with Gasteiger partial charge in [0, 0.05) is 0 Å². The number of hydrogen-bond acceptors (Lipinski definition) is 6. The number of anilines is 2. The van der Waals surface area contributed by atoms with Crippen LogP contribution in [0.25, 0.3) is 0 Å². The number of nitrogens with one attached hydrogen (secondary N) is 1. The van der Waals surface area contributed by atoms with Crippen LogP contribution in [-0.2, 0) is 6.42 Å². The summed E-state index contributed by atoms with van der Waals surface area (Å²) in [5.74, 6) is 2.19. The summed E-state index contributed by atoms with van der Waals surface area (Å²) in [5.41, 5.74) is 6.90. The van der Waals surface area contributed by atoms with Crippen LogP contribution in [0, 0.1) is 6.92 Å². The molecule has 1 aromatic heterocycles. The lowest BCUT2D eigenvalue weighted by Gasteiger charge is -2.18. The first kappa shape index (κ1) is 16.0. The van der Waals surface area contributed by atoms with Crippen molar-refractivity contribution in [2.45, 2.75) is 39.7 Å². The number of aromatic nitrogens is 3. The molecule has 0 spiro atoms. The van der Waals surface area contributed by atoms with Crippen LogP contribution < -0.4 is 15.8 Å². The van der Waals surface area contributed by atoms with Crippen molar-refractivity contribution in [1.29, 1.82) is 0 Å². The molecule has 0 bridgehead atoms. The van der Waals surface area contributed by atoms with Gasteiger partial charge < -0.3 is 15.8 Å². The molecule has 2 rings (SSSR count). The van der Waals surface area contributed by atoms with Gasteiger partial charge in [0.15, 0.2) is 0 Å². The Labute approximate surface area is 131 Å². The van der Waals surface area contributed by atoms with E-state index < -0.39 is 0 Å². The normalized spacial score (nSPS) is 12.0. The van der Waals surface area contributed by atoms with Crippen molar-refractivity contribution in [3.05, 3.63) is 35.7 Å². The fourth-order valence-corrected chi connectivity index (χ4v) is 2.06. The molecule has 1 atom stereocenters. The Bertz CT molecular complexity index is 597. The van der Waals surface area contributed by atoms with Crippen molar-refractivity contribution in [2.75, 3.05) is 17.7 Å². The molecule has 0 aliphatic carbocycles. The van der Waals surface area contributed by atoms with Crippen LogP contribution in [0.4, 0.5) is 11.9 Å². The highest BCUT2D eigenvalue weighted by molar-refractivity contribution is 5.32. The van der Waals surface area contributed by atoms with Crippen molar-refractivity contribution in [2.24, 2.45) is 0 Å². The second-order valence-corrected chi connectivity index (χ2v) is 5.13.